The molecule has 0 radical (unpaired) electrons. The van der Waals surface area contributed by atoms with E-state index < -0.39 is 15.9 Å². The molecule has 2 fully saturated rings. The Labute approximate surface area is 372 Å². The third kappa shape index (κ3) is 9.10. The number of halogens is 2. The first-order chi connectivity index (χ1) is 29.8. The second-order valence-corrected chi connectivity index (χ2v) is 20.4. The van der Waals surface area contributed by atoms with Gasteiger partial charge in [-0.25, -0.2) is 22.8 Å². The molecule has 5 heterocycles. The van der Waals surface area contributed by atoms with Crippen LogP contribution in [0.4, 0.5) is 5.69 Å². The van der Waals surface area contributed by atoms with Gasteiger partial charge in [0.1, 0.15) is 16.9 Å². The van der Waals surface area contributed by atoms with Crippen molar-refractivity contribution in [2.24, 2.45) is 11.3 Å². The number of carbonyl (C=O) groups excluding carboxylic acids is 1. The average molecular weight is 896 g/mol. The monoisotopic (exact) mass is 894 g/mol. The topological polar surface area (TPSA) is 129 Å². The number of rotatable bonds is 11. The van der Waals surface area contributed by atoms with Gasteiger partial charge in [0.15, 0.2) is 0 Å². The van der Waals surface area contributed by atoms with Crippen molar-refractivity contribution >= 4 is 72.5 Å². The Morgan fingerprint density at radius 1 is 0.952 bits per heavy atom. The van der Waals surface area contributed by atoms with Crippen molar-refractivity contribution in [2.45, 2.75) is 50.8 Å². The van der Waals surface area contributed by atoms with Gasteiger partial charge >= 0.3 is 0 Å². The summed E-state index contributed by atoms with van der Waals surface area (Å²) in [4.78, 5) is 29.0. The molecule has 0 spiro atoms. The summed E-state index contributed by atoms with van der Waals surface area (Å²) in [6, 6.07) is 21.9. The summed E-state index contributed by atoms with van der Waals surface area (Å²) in [5.41, 5.74) is 7.94. The minimum Gasteiger partial charge on any atom is -0.492 e. The lowest BCUT2D eigenvalue weighted by Crippen LogP contribution is -2.47. The first-order valence-electron chi connectivity index (χ1n) is 21.4. The number of H-pyrrole nitrogens is 1. The van der Waals surface area contributed by atoms with Crippen LogP contribution in [-0.2, 0) is 10.0 Å². The number of hydrogen-bond acceptors (Lipinski definition) is 9. The molecular weight excluding hydrogens is 844 g/mol. The van der Waals surface area contributed by atoms with Gasteiger partial charge in [-0.1, -0.05) is 54.8 Å². The molecule has 324 valence electrons. The van der Waals surface area contributed by atoms with Gasteiger partial charge in [-0.05, 0) is 135 Å². The Morgan fingerprint density at radius 2 is 1.73 bits per heavy atom. The van der Waals surface area contributed by atoms with Crippen LogP contribution in [0, 0.1) is 11.3 Å². The zero-order valence-corrected chi connectivity index (χ0v) is 37.7. The number of piperazine rings is 1. The van der Waals surface area contributed by atoms with Crippen molar-refractivity contribution in [3.8, 4) is 11.4 Å². The maximum atomic E-state index is 14.2. The van der Waals surface area contributed by atoms with Gasteiger partial charge in [0.25, 0.3) is 15.9 Å². The van der Waals surface area contributed by atoms with Gasteiger partial charge in [-0.15, -0.1) is 0 Å². The number of aromatic nitrogens is 4. The molecule has 3 aromatic carbocycles. The number of nitrogens with one attached hydrogen (secondary N) is 2. The molecule has 1 aliphatic carbocycles. The molecule has 2 saturated heterocycles. The standard InChI is InChI=1S/C47H52Cl2N8O4S/c1-47(2)16-12-34(39(27-47)32-4-6-35(48)7-5-32)29-55-20-22-56(23-21-55)36-8-10-38(42(25-36)57-43-24-33-13-17-50-45(33)52-41(43)28-51-57)46(58)53-62(59,60)37-9-11-44(40(49)26-37)61-30-31-14-18-54(3)19-15-31/h4-11,13,17,24-26,28,31H,12,14-16,18-23,27,29-30H2,1-3H3,(H,50,52)(H,53,58). The van der Waals surface area contributed by atoms with Crippen LogP contribution < -0.4 is 14.4 Å². The Morgan fingerprint density at radius 3 is 2.48 bits per heavy atom. The Kier molecular flexibility index (Phi) is 11.8. The Balaban J connectivity index is 0.955. The molecule has 0 atom stereocenters. The van der Waals surface area contributed by atoms with E-state index in [-0.39, 0.29) is 20.9 Å². The van der Waals surface area contributed by atoms with Crippen molar-refractivity contribution in [1.29, 1.82) is 0 Å². The predicted octanol–water partition coefficient (Wildman–Crippen LogP) is 8.83. The lowest BCUT2D eigenvalue weighted by molar-refractivity contribution is 0.0981. The molecule has 3 aromatic heterocycles. The highest BCUT2D eigenvalue weighted by Gasteiger charge is 2.30. The van der Waals surface area contributed by atoms with Crippen molar-refractivity contribution in [3.05, 3.63) is 112 Å². The zero-order chi connectivity index (χ0) is 43.2. The van der Waals surface area contributed by atoms with E-state index in [0.717, 1.165) is 99.7 Å². The third-order valence-corrected chi connectivity index (χ3v) is 14.7. The molecule has 6 aromatic rings. The summed E-state index contributed by atoms with van der Waals surface area (Å²) in [6.07, 6.45) is 8.79. The van der Waals surface area contributed by atoms with Gasteiger partial charge in [-0.3, -0.25) is 9.69 Å². The van der Waals surface area contributed by atoms with E-state index in [1.165, 1.54) is 28.8 Å². The SMILES string of the molecule is CN1CCC(COc2ccc(S(=O)(=O)NC(=O)c3ccc(N4CCN(CC5=C(c6ccc(Cl)cc6)CC(C)(C)CC5)CC4)cc3-n3ncc4nc5[nH]ccc5cc43)cc2Cl)CC1. The number of piperidine rings is 1. The first kappa shape index (κ1) is 42.4. The van der Waals surface area contributed by atoms with Crippen LogP contribution in [0.5, 0.6) is 5.75 Å². The molecule has 0 saturated carbocycles. The maximum Gasteiger partial charge on any atom is 0.267 e. The van der Waals surface area contributed by atoms with Crippen molar-refractivity contribution < 1.29 is 17.9 Å². The number of sulfonamides is 1. The number of benzene rings is 3. The van der Waals surface area contributed by atoms with E-state index in [2.05, 4.69) is 57.4 Å². The van der Waals surface area contributed by atoms with Crippen molar-refractivity contribution in [3.63, 3.8) is 0 Å². The molecule has 62 heavy (non-hydrogen) atoms. The average Bonchev–Trinajstić information content (AvgIpc) is 3.90. The van der Waals surface area contributed by atoms with Crippen molar-refractivity contribution in [2.75, 3.05) is 64.4 Å². The normalized spacial score (nSPS) is 18.2. The number of fused-ring (bicyclic) bond motifs is 2. The summed E-state index contributed by atoms with van der Waals surface area (Å²) < 4.78 is 37.5. The molecule has 2 N–H and O–H groups in total. The summed E-state index contributed by atoms with van der Waals surface area (Å²) in [5, 5.41) is 6.48. The summed E-state index contributed by atoms with van der Waals surface area (Å²) in [5.74, 6) is 0.0109. The van der Waals surface area contributed by atoms with Gasteiger partial charge in [0.2, 0.25) is 0 Å². The molecule has 3 aliphatic rings. The van der Waals surface area contributed by atoms with Gasteiger partial charge in [0, 0.05) is 55.0 Å². The quantitative estimate of drug-likeness (QED) is 0.131. The number of carbonyl (C=O) groups is 1. The summed E-state index contributed by atoms with van der Waals surface area (Å²) in [6.45, 7) is 11.4. The van der Waals surface area contributed by atoms with Crippen LogP contribution in [0.2, 0.25) is 10.0 Å². The molecule has 15 heteroatoms. The van der Waals surface area contributed by atoms with E-state index in [4.69, 9.17) is 38.0 Å². The third-order valence-electron chi connectivity index (χ3n) is 12.8. The minimum atomic E-state index is -4.33. The number of aromatic amines is 1. The van der Waals surface area contributed by atoms with E-state index in [0.29, 0.717) is 35.0 Å². The smallest absolute Gasteiger partial charge is 0.267 e. The summed E-state index contributed by atoms with van der Waals surface area (Å²) >= 11 is 12.8. The second-order valence-electron chi connectivity index (χ2n) is 17.8. The first-order valence-corrected chi connectivity index (χ1v) is 23.6. The van der Waals surface area contributed by atoms with Crippen LogP contribution in [0.3, 0.4) is 0 Å². The number of hydrogen-bond donors (Lipinski definition) is 2. The Bertz CT molecular complexity index is 2770. The van der Waals surface area contributed by atoms with Gasteiger partial charge < -0.3 is 19.5 Å². The molecule has 12 nitrogen and oxygen atoms in total. The van der Waals surface area contributed by atoms with E-state index in [9.17, 15) is 13.2 Å². The fraction of sp³-hybridized carbons (Fsp3) is 0.383. The fourth-order valence-electron chi connectivity index (χ4n) is 9.04. The molecule has 9 rings (SSSR count). The Hall–Kier alpha value is -4.92. The van der Waals surface area contributed by atoms with Crippen LogP contribution >= 0.6 is 23.2 Å². The fourth-order valence-corrected chi connectivity index (χ4v) is 10.5. The number of amides is 1. The van der Waals surface area contributed by atoms with E-state index in [1.54, 1.807) is 23.0 Å². The highest BCUT2D eigenvalue weighted by atomic mass is 35.5. The van der Waals surface area contributed by atoms with Crippen LogP contribution in [0.25, 0.3) is 33.3 Å². The maximum absolute atomic E-state index is 14.2. The lowest BCUT2D eigenvalue weighted by atomic mass is 9.72. The number of pyridine rings is 1. The van der Waals surface area contributed by atoms with Gasteiger partial charge in [0.05, 0.1) is 39.5 Å². The number of likely N-dealkylation sites (tertiary alicyclic amines) is 1. The zero-order valence-electron chi connectivity index (χ0n) is 35.3. The van der Waals surface area contributed by atoms with Crippen LogP contribution in [0.15, 0.2) is 95.7 Å². The van der Waals surface area contributed by atoms with Crippen molar-refractivity contribution in [1.82, 2.24) is 34.3 Å². The number of anilines is 1. The minimum absolute atomic E-state index is 0.140. The second kappa shape index (κ2) is 17.3. The molecular formula is C47H52Cl2N8O4S. The lowest BCUT2D eigenvalue weighted by Gasteiger charge is -2.39. The highest BCUT2D eigenvalue weighted by molar-refractivity contribution is 7.90. The van der Waals surface area contributed by atoms with Crippen LogP contribution in [0.1, 0.15) is 61.9 Å². The number of allylic oxidation sites excluding steroid dienone is 1. The molecule has 0 bridgehead atoms. The largest absolute Gasteiger partial charge is 0.492 e. The number of ether oxygens (including phenoxy) is 1. The predicted molar refractivity (Wildman–Crippen MR) is 247 cm³/mol. The van der Waals surface area contributed by atoms with Gasteiger partial charge in [-0.2, -0.15) is 5.10 Å². The molecule has 0 unspecified atom stereocenters. The molecule has 1 amide bonds. The molecule has 2 aliphatic heterocycles. The number of nitrogens with zero attached hydrogens (tertiary/aromatic N) is 6. The summed E-state index contributed by atoms with van der Waals surface area (Å²) in [7, 11) is -2.23. The van der Waals surface area contributed by atoms with E-state index in [1.807, 2.05) is 42.6 Å². The highest BCUT2D eigenvalue weighted by Crippen LogP contribution is 2.43. The van der Waals surface area contributed by atoms with Crippen LogP contribution in [-0.4, -0.2) is 103 Å². The van der Waals surface area contributed by atoms with E-state index >= 15 is 0 Å².